The highest BCUT2D eigenvalue weighted by atomic mass is 16.1. The second-order valence-electron chi connectivity index (χ2n) is 6.71. The van der Waals surface area contributed by atoms with Gasteiger partial charge in [-0.15, -0.1) is 0 Å². The van der Waals surface area contributed by atoms with Crippen molar-refractivity contribution in [1.82, 2.24) is 4.90 Å². The number of hydrogen-bond acceptors (Lipinski definition) is 2. The topological polar surface area (TPSA) is 20.3 Å². The quantitative estimate of drug-likeness (QED) is 0.749. The predicted octanol–water partition coefficient (Wildman–Crippen LogP) is 4.39. The molecule has 2 rings (SSSR count). The van der Waals surface area contributed by atoms with Crippen LogP contribution in [0.4, 0.5) is 0 Å². The van der Waals surface area contributed by atoms with Gasteiger partial charge in [-0.1, -0.05) is 38.8 Å². The molecule has 2 heteroatoms. The van der Waals surface area contributed by atoms with Crippen molar-refractivity contribution in [3.05, 3.63) is 34.9 Å². The van der Waals surface area contributed by atoms with Crippen molar-refractivity contribution >= 4 is 5.78 Å². The Bertz CT molecular complexity index is 492. The molecule has 0 radical (unpaired) electrons. The highest BCUT2D eigenvalue weighted by Gasteiger charge is 2.31. The van der Waals surface area contributed by atoms with Gasteiger partial charge in [0.25, 0.3) is 0 Å². The SMILES string of the molecule is CCC1(CC)CCN(CC(=O)c2ccc(C)c(C)c2)CC1. The molecule has 0 spiro atoms. The Morgan fingerprint density at radius 3 is 2.24 bits per heavy atom. The molecule has 1 aliphatic heterocycles. The molecule has 0 aromatic heterocycles. The molecule has 116 valence electrons. The van der Waals surface area contributed by atoms with Crippen LogP contribution in [0, 0.1) is 19.3 Å². The monoisotopic (exact) mass is 287 g/mol. The first kappa shape index (κ1) is 16.2. The van der Waals surface area contributed by atoms with Crippen molar-refractivity contribution in [2.45, 2.75) is 53.4 Å². The normalized spacial score (nSPS) is 18.7. The van der Waals surface area contributed by atoms with Crippen molar-refractivity contribution in [2.24, 2.45) is 5.41 Å². The lowest BCUT2D eigenvalue weighted by atomic mass is 9.74. The van der Waals surface area contributed by atoms with E-state index in [4.69, 9.17) is 0 Å². The summed E-state index contributed by atoms with van der Waals surface area (Å²) in [4.78, 5) is 14.8. The van der Waals surface area contributed by atoms with E-state index in [1.807, 2.05) is 12.1 Å². The van der Waals surface area contributed by atoms with E-state index < -0.39 is 0 Å². The summed E-state index contributed by atoms with van der Waals surface area (Å²) in [5.41, 5.74) is 3.84. The summed E-state index contributed by atoms with van der Waals surface area (Å²) in [5.74, 6) is 0.263. The number of nitrogens with zero attached hydrogens (tertiary/aromatic N) is 1. The number of rotatable bonds is 5. The summed E-state index contributed by atoms with van der Waals surface area (Å²) in [6.07, 6.45) is 5.01. The first-order chi connectivity index (χ1) is 9.99. The molecule has 2 nitrogen and oxygen atoms in total. The van der Waals surface area contributed by atoms with Crippen molar-refractivity contribution in [1.29, 1.82) is 0 Å². The second-order valence-corrected chi connectivity index (χ2v) is 6.71. The maximum Gasteiger partial charge on any atom is 0.176 e. The van der Waals surface area contributed by atoms with Gasteiger partial charge < -0.3 is 0 Å². The summed E-state index contributed by atoms with van der Waals surface area (Å²) in [7, 11) is 0. The van der Waals surface area contributed by atoms with Crippen LogP contribution in [0.2, 0.25) is 0 Å². The van der Waals surface area contributed by atoms with Gasteiger partial charge in [0.2, 0.25) is 0 Å². The van der Waals surface area contributed by atoms with Gasteiger partial charge in [-0.05, 0) is 62.4 Å². The zero-order chi connectivity index (χ0) is 15.5. The average Bonchev–Trinajstić information content (AvgIpc) is 2.51. The summed E-state index contributed by atoms with van der Waals surface area (Å²) < 4.78 is 0. The summed E-state index contributed by atoms with van der Waals surface area (Å²) in [6.45, 7) is 11.5. The number of Topliss-reactive ketones (excluding diaryl/α,β-unsaturated/α-hetero) is 1. The molecule has 1 aliphatic rings. The molecule has 0 amide bonds. The fourth-order valence-electron chi connectivity index (χ4n) is 3.35. The number of hydrogen-bond donors (Lipinski definition) is 0. The van der Waals surface area contributed by atoms with Crippen LogP contribution in [0.15, 0.2) is 18.2 Å². The number of piperidine rings is 1. The largest absolute Gasteiger partial charge is 0.296 e. The zero-order valence-electron chi connectivity index (χ0n) is 14.0. The highest BCUT2D eigenvalue weighted by molar-refractivity contribution is 5.97. The third-order valence-corrected chi connectivity index (χ3v) is 5.61. The van der Waals surface area contributed by atoms with Crippen LogP contribution in [0.1, 0.15) is 61.0 Å². The molecule has 0 unspecified atom stereocenters. The standard InChI is InChI=1S/C19H29NO/c1-5-19(6-2)9-11-20(12-10-19)14-18(21)17-8-7-15(3)16(4)13-17/h7-8,13H,5-6,9-12,14H2,1-4H3. The maximum atomic E-state index is 12.4. The first-order valence-corrected chi connectivity index (χ1v) is 8.32. The van der Waals surface area contributed by atoms with E-state index in [1.165, 1.54) is 36.8 Å². The number of likely N-dealkylation sites (tertiary alicyclic amines) is 1. The Morgan fingerprint density at radius 1 is 1.10 bits per heavy atom. The van der Waals surface area contributed by atoms with Gasteiger partial charge >= 0.3 is 0 Å². The molecule has 0 atom stereocenters. The number of aryl methyl sites for hydroxylation is 2. The molecule has 0 bridgehead atoms. The smallest absolute Gasteiger partial charge is 0.176 e. The molecular weight excluding hydrogens is 258 g/mol. The maximum absolute atomic E-state index is 12.4. The Kier molecular flexibility index (Phi) is 5.21. The van der Waals surface area contributed by atoms with Crippen LogP contribution in [-0.2, 0) is 0 Å². The van der Waals surface area contributed by atoms with Gasteiger partial charge in [-0.3, -0.25) is 9.69 Å². The minimum atomic E-state index is 0.263. The Morgan fingerprint density at radius 2 is 1.71 bits per heavy atom. The number of carbonyl (C=O) groups excluding carboxylic acids is 1. The average molecular weight is 287 g/mol. The summed E-state index contributed by atoms with van der Waals surface area (Å²) in [5, 5.41) is 0. The molecule has 0 aliphatic carbocycles. The van der Waals surface area contributed by atoms with E-state index in [2.05, 4.69) is 38.7 Å². The first-order valence-electron chi connectivity index (χ1n) is 8.32. The van der Waals surface area contributed by atoms with Crippen LogP contribution in [0.5, 0.6) is 0 Å². The third-order valence-electron chi connectivity index (χ3n) is 5.61. The van der Waals surface area contributed by atoms with Crippen LogP contribution in [-0.4, -0.2) is 30.3 Å². The van der Waals surface area contributed by atoms with Gasteiger partial charge in [0.1, 0.15) is 0 Å². The number of ketones is 1. The zero-order valence-corrected chi connectivity index (χ0v) is 14.0. The number of benzene rings is 1. The minimum absolute atomic E-state index is 0.263. The molecule has 0 saturated carbocycles. The molecule has 1 fully saturated rings. The Labute approximate surface area is 129 Å². The van der Waals surface area contributed by atoms with E-state index in [0.29, 0.717) is 12.0 Å². The van der Waals surface area contributed by atoms with Gasteiger partial charge in [-0.25, -0.2) is 0 Å². The lowest BCUT2D eigenvalue weighted by Gasteiger charge is -2.40. The van der Waals surface area contributed by atoms with Gasteiger partial charge in [-0.2, -0.15) is 0 Å². The summed E-state index contributed by atoms with van der Waals surface area (Å²) >= 11 is 0. The molecule has 1 heterocycles. The van der Waals surface area contributed by atoms with Crippen molar-refractivity contribution in [3.63, 3.8) is 0 Å². The molecule has 1 saturated heterocycles. The van der Waals surface area contributed by atoms with Crippen LogP contribution >= 0.6 is 0 Å². The highest BCUT2D eigenvalue weighted by Crippen LogP contribution is 2.37. The van der Waals surface area contributed by atoms with Crippen LogP contribution < -0.4 is 0 Å². The fraction of sp³-hybridized carbons (Fsp3) is 0.632. The minimum Gasteiger partial charge on any atom is -0.296 e. The molecular formula is C19H29NO. The fourth-order valence-corrected chi connectivity index (χ4v) is 3.35. The van der Waals surface area contributed by atoms with Crippen LogP contribution in [0.25, 0.3) is 0 Å². The van der Waals surface area contributed by atoms with E-state index in [9.17, 15) is 4.79 Å². The molecule has 1 aromatic carbocycles. The molecule has 21 heavy (non-hydrogen) atoms. The van der Waals surface area contributed by atoms with Gasteiger partial charge in [0, 0.05) is 5.56 Å². The van der Waals surface area contributed by atoms with E-state index in [-0.39, 0.29) is 5.78 Å². The van der Waals surface area contributed by atoms with Crippen molar-refractivity contribution < 1.29 is 4.79 Å². The van der Waals surface area contributed by atoms with E-state index in [1.54, 1.807) is 0 Å². The summed E-state index contributed by atoms with van der Waals surface area (Å²) in [6, 6.07) is 6.05. The van der Waals surface area contributed by atoms with E-state index >= 15 is 0 Å². The van der Waals surface area contributed by atoms with Crippen molar-refractivity contribution in [2.75, 3.05) is 19.6 Å². The molecule has 0 N–H and O–H groups in total. The molecule has 1 aromatic rings. The second kappa shape index (κ2) is 6.74. The van der Waals surface area contributed by atoms with Gasteiger partial charge in [0.05, 0.1) is 6.54 Å². The lowest BCUT2D eigenvalue weighted by Crippen LogP contribution is -2.41. The Balaban J connectivity index is 1.94. The predicted molar refractivity (Wildman–Crippen MR) is 88.9 cm³/mol. The van der Waals surface area contributed by atoms with E-state index in [0.717, 1.165) is 18.7 Å². The third kappa shape index (κ3) is 3.74. The van der Waals surface area contributed by atoms with Crippen LogP contribution in [0.3, 0.4) is 0 Å². The Hall–Kier alpha value is -1.15. The van der Waals surface area contributed by atoms with Crippen molar-refractivity contribution in [3.8, 4) is 0 Å². The number of carbonyl (C=O) groups is 1. The lowest BCUT2D eigenvalue weighted by molar-refractivity contribution is 0.0756. The van der Waals surface area contributed by atoms with Gasteiger partial charge in [0.15, 0.2) is 5.78 Å².